The number of carboxylic acid groups (broad SMARTS) is 1. The minimum atomic E-state index is -1.81. The van der Waals surface area contributed by atoms with E-state index in [0.717, 1.165) is 5.56 Å². The number of fused-ring (bicyclic) bond motifs is 1. The Bertz CT molecular complexity index is 1060. The Morgan fingerprint density at radius 3 is 2.13 bits per heavy atom. The number of carboxylic acids is 1. The van der Waals surface area contributed by atoms with Crippen molar-refractivity contribution in [3.05, 3.63) is 70.9 Å². The van der Waals surface area contributed by atoms with Crippen molar-refractivity contribution < 1.29 is 39.5 Å². The van der Waals surface area contributed by atoms with E-state index in [1.807, 2.05) is 48.5 Å². The highest BCUT2D eigenvalue weighted by Crippen LogP contribution is 2.21. The fourth-order valence-electron chi connectivity index (χ4n) is 2.91. The number of carbonyl (C=O) groups is 1. The summed E-state index contributed by atoms with van der Waals surface area (Å²) in [6.45, 7) is 0. The van der Waals surface area contributed by atoms with Crippen molar-refractivity contribution >= 4 is 16.9 Å². The average Bonchev–Trinajstić information content (AvgIpc) is 2.75. The van der Waals surface area contributed by atoms with Crippen LogP contribution in [0.3, 0.4) is 0 Å². The minimum Gasteiger partial charge on any atom is -0.479 e. The van der Waals surface area contributed by atoms with E-state index >= 15 is 0 Å². The molecule has 0 radical (unpaired) electrons. The number of benzene rings is 2. The summed E-state index contributed by atoms with van der Waals surface area (Å²) in [4.78, 5) is 22.3. The first-order chi connectivity index (χ1) is 14.3. The summed E-state index contributed by atoms with van der Waals surface area (Å²) < 4.78 is 10.1. The Kier molecular flexibility index (Phi) is 6.60. The van der Waals surface area contributed by atoms with Crippen molar-refractivity contribution in [3.8, 4) is 11.3 Å². The van der Waals surface area contributed by atoms with E-state index in [-0.39, 0.29) is 5.43 Å². The molecule has 0 amide bonds. The van der Waals surface area contributed by atoms with Gasteiger partial charge in [0.25, 0.3) is 0 Å². The van der Waals surface area contributed by atoms with Crippen LogP contribution in [0.4, 0.5) is 0 Å². The van der Waals surface area contributed by atoms with Gasteiger partial charge in [0.15, 0.2) is 17.8 Å². The topological polar surface area (TPSA) is 158 Å². The summed E-state index contributed by atoms with van der Waals surface area (Å²) in [7, 11) is 0. The lowest BCUT2D eigenvalue weighted by Crippen LogP contribution is -2.59. The molecule has 0 saturated carbocycles. The summed E-state index contributed by atoms with van der Waals surface area (Å²) in [5.41, 5.74) is 1.53. The zero-order chi connectivity index (χ0) is 21.8. The van der Waals surface area contributed by atoms with Gasteiger partial charge in [-0.25, -0.2) is 4.79 Å². The second-order valence-corrected chi connectivity index (χ2v) is 6.59. The Balaban J connectivity index is 0.000000178. The second-order valence-electron chi connectivity index (χ2n) is 6.59. The minimum absolute atomic E-state index is 0.00861. The molecular weight excluding hydrogens is 396 g/mol. The molecule has 5 atom stereocenters. The van der Waals surface area contributed by atoms with Gasteiger partial charge >= 0.3 is 5.97 Å². The molecule has 1 saturated heterocycles. The number of hydrogen-bond acceptors (Lipinski definition) is 8. The molecule has 4 rings (SSSR count). The van der Waals surface area contributed by atoms with Crippen molar-refractivity contribution in [2.24, 2.45) is 0 Å². The molecule has 1 aromatic heterocycles. The Hall–Kier alpha value is -3.08. The largest absolute Gasteiger partial charge is 0.479 e. The molecule has 0 spiro atoms. The normalized spacial score (nSPS) is 25.9. The smallest absolute Gasteiger partial charge is 0.335 e. The first-order valence-electron chi connectivity index (χ1n) is 8.98. The van der Waals surface area contributed by atoms with Crippen molar-refractivity contribution in [2.75, 3.05) is 0 Å². The van der Waals surface area contributed by atoms with Crippen LogP contribution in [0.1, 0.15) is 0 Å². The van der Waals surface area contributed by atoms with Gasteiger partial charge < -0.3 is 34.7 Å². The summed E-state index contributed by atoms with van der Waals surface area (Å²) in [6.07, 6.45) is -8.72. The molecule has 3 aromatic rings. The van der Waals surface area contributed by atoms with Crippen molar-refractivity contribution in [2.45, 2.75) is 30.7 Å². The number of aliphatic carboxylic acids is 1. The Morgan fingerprint density at radius 2 is 1.47 bits per heavy atom. The van der Waals surface area contributed by atoms with E-state index in [4.69, 9.17) is 29.9 Å². The number of ether oxygens (including phenoxy) is 1. The highest BCUT2D eigenvalue weighted by atomic mass is 16.6. The van der Waals surface area contributed by atoms with Crippen LogP contribution < -0.4 is 5.43 Å². The van der Waals surface area contributed by atoms with Crippen molar-refractivity contribution in [3.63, 3.8) is 0 Å². The van der Waals surface area contributed by atoms with Crippen LogP contribution in [-0.2, 0) is 9.53 Å². The molecule has 2 aromatic carbocycles. The van der Waals surface area contributed by atoms with Crippen LogP contribution in [0, 0.1) is 0 Å². The molecule has 1 fully saturated rings. The fraction of sp³-hybridized carbons (Fsp3) is 0.238. The van der Waals surface area contributed by atoms with Crippen LogP contribution in [0.2, 0.25) is 0 Å². The Morgan fingerprint density at radius 1 is 0.833 bits per heavy atom. The van der Waals surface area contributed by atoms with Gasteiger partial charge in [-0.3, -0.25) is 4.79 Å². The van der Waals surface area contributed by atoms with Crippen LogP contribution in [-0.4, -0.2) is 62.2 Å². The maximum Gasteiger partial charge on any atom is 0.335 e. The lowest BCUT2D eigenvalue weighted by Gasteiger charge is -2.36. The average molecular weight is 416 g/mol. The van der Waals surface area contributed by atoms with Gasteiger partial charge in [0.2, 0.25) is 0 Å². The molecule has 30 heavy (non-hydrogen) atoms. The zero-order valence-electron chi connectivity index (χ0n) is 15.5. The molecule has 0 unspecified atom stereocenters. The van der Waals surface area contributed by atoms with Crippen LogP contribution >= 0.6 is 0 Å². The lowest BCUT2D eigenvalue weighted by atomic mass is 9.99. The van der Waals surface area contributed by atoms with Gasteiger partial charge in [0.1, 0.15) is 29.7 Å². The molecule has 1 aliphatic rings. The van der Waals surface area contributed by atoms with E-state index in [0.29, 0.717) is 16.7 Å². The fourth-order valence-corrected chi connectivity index (χ4v) is 2.91. The molecule has 0 bridgehead atoms. The summed E-state index contributed by atoms with van der Waals surface area (Å²) in [5.74, 6) is -0.910. The molecule has 2 heterocycles. The number of aliphatic hydroxyl groups excluding tert-OH is 4. The summed E-state index contributed by atoms with van der Waals surface area (Å²) >= 11 is 0. The van der Waals surface area contributed by atoms with Gasteiger partial charge in [-0.1, -0.05) is 42.5 Å². The van der Waals surface area contributed by atoms with E-state index in [2.05, 4.69) is 4.74 Å². The van der Waals surface area contributed by atoms with Gasteiger partial charge in [-0.2, -0.15) is 0 Å². The number of rotatable bonds is 2. The standard InChI is InChI=1S/C15H10O2.C6H10O7/c16-13-10-15(11-6-2-1-3-7-11)17-14-9-5-4-8-12(13)14;7-1-2(8)4(5(10)11)13-6(12)3(1)9/h1-10H;1-4,6-9,12H,(H,10,11)/t;1-,2-,3+,4-,6+/m.0/s1. The summed E-state index contributed by atoms with van der Waals surface area (Å²) in [5, 5.41) is 45.0. The maximum absolute atomic E-state index is 11.9. The number of aliphatic hydroxyl groups is 4. The monoisotopic (exact) mass is 416 g/mol. The highest BCUT2D eigenvalue weighted by molar-refractivity contribution is 5.78. The Labute approximate surface area is 170 Å². The van der Waals surface area contributed by atoms with Gasteiger partial charge in [0, 0.05) is 11.6 Å². The number of para-hydroxylation sites is 1. The third-order valence-electron chi connectivity index (χ3n) is 4.52. The van der Waals surface area contributed by atoms with Gasteiger partial charge in [-0.05, 0) is 12.1 Å². The van der Waals surface area contributed by atoms with Crippen LogP contribution in [0.5, 0.6) is 0 Å². The van der Waals surface area contributed by atoms with Crippen molar-refractivity contribution in [1.29, 1.82) is 0 Å². The quantitative estimate of drug-likeness (QED) is 0.397. The molecular formula is C21H20O9. The molecule has 0 aliphatic carbocycles. The first-order valence-corrected chi connectivity index (χ1v) is 8.98. The third-order valence-corrected chi connectivity index (χ3v) is 4.52. The van der Waals surface area contributed by atoms with Crippen molar-refractivity contribution in [1.82, 2.24) is 0 Å². The van der Waals surface area contributed by atoms with Crippen LogP contribution in [0.15, 0.2) is 69.9 Å². The molecule has 5 N–H and O–H groups in total. The van der Waals surface area contributed by atoms with E-state index in [9.17, 15) is 9.59 Å². The molecule has 1 aliphatic heterocycles. The SMILES string of the molecule is O=C(O)[C@H]1O[C@@H](O)[C@H](O)[C@@H](O)[C@@H]1O.O=c1cc(-c2ccccc2)oc2ccccc12. The maximum atomic E-state index is 11.9. The number of hydrogen-bond donors (Lipinski definition) is 5. The molecule has 9 heteroatoms. The third kappa shape index (κ3) is 4.56. The first kappa shape index (κ1) is 21.6. The summed E-state index contributed by atoms with van der Waals surface area (Å²) in [6, 6.07) is 18.4. The highest BCUT2D eigenvalue weighted by Gasteiger charge is 2.46. The second kappa shape index (κ2) is 9.16. The van der Waals surface area contributed by atoms with E-state index < -0.39 is 36.7 Å². The van der Waals surface area contributed by atoms with Gasteiger partial charge in [-0.15, -0.1) is 0 Å². The predicted molar refractivity (Wildman–Crippen MR) is 104 cm³/mol. The van der Waals surface area contributed by atoms with Gasteiger partial charge in [0.05, 0.1) is 5.39 Å². The lowest BCUT2D eigenvalue weighted by molar-refractivity contribution is -0.279. The predicted octanol–water partition coefficient (Wildman–Crippen LogP) is 0.331. The zero-order valence-corrected chi connectivity index (χ0v) is 15.5. The van der Waals surface area contributed by atoms with E-state index in [1.165, 1.54) is 6.07 Å². The van der Waals surface area contributed by atoms with Crippen LogP contribution in [0.25, 0.3) is 22.3 Å². The molecule has 9 nitrogen and oxygen atoms in total. The molecule has 158 valence electrons. The van der Waals surface area contributed by atoms with E-state index in [1.54, 1.807) is 6.07 Å².